The highest BCUT2D eigenvalue weighted by atomic mass is 32.2. The Kier molecular flexibility index (Phi) is 5.10. The molecule has 0 saturated heterocycles. The molecule has 0 atom stereocenters. The van der Waals surface area contributed by atoms with E-state index >= 15 is 0 Å². The lowest BCUT2D eigenvalue weighted by Gasteiger charge is -2.02. The van der Waals surface area contributed by atoms with Crippen LogP contribution in [0, 0.1) is 0 Å². The average Bonchev–Trinajstić information content (AvgIpc) is 2.65. The monoisotopic (exact) mass is 277 g/mol. The Labute approximate surface area is 105 Å². The molecule has 0 bridgehead atoms. The maximum Gasteiger partial charge on any atom is 0.305 e. The molecule has 96 valence electrons. The van der Waals surface area contributed by atoms with Crippen LogP contribution in [0.2, 0.25) is 0 Å². The number of hydrogen-bond donors (Lipinski definition) is 1. The minimum atomic E-state index is -3.66. The van der Waals surface area contributed by atoms with Crippen molar-refractivity contribution in [3.05, 3.63) is 16.3 Å². The predicted octanol–water partition coefficient (Wildman–Crippen LogP) is 1.28. The third-order valence-electron chi connectivity index (χ3n) is 2.14. The normalized spacial score (nSPS) is 11.4. The van der Waals surface area contributed by atoms with Gasteiger partial charge in [-0.2, -0.15) is 11.3 Å². The van der Waals surface area contributed by atoms with Gasteiger partial charge in [0.2, 0.25) is 10.0 Å². The van der Waals surface area contributed by atoms with Crippen LogP contribution in [0.15, 0.2) is 15.7 Å². The first-order valence-corrected chi connectivity index (χ1v) is 7.67. The zero-order valence-corrected chi connectivity index (χ0v) is 11.1. The summed E-state index contributed by atoms with van der Waals surface area (Å²) in [6.07, 6.45) is 1.35. The van der Waals surface area contributed by atoms with Gasteiger partial charge in [0.15, 0.2) is 0 Å². The molecule has 5 nitrogen and oxygen atoms in total. The highest BCUT2D eigenvalue weighted by Gasteiger charge is 2.14. The number of carbonyl (C=O) groups is 1. The van der Waals surface area contributed by atoms with E-state index in [0.29, 0.717) is 25.0 Å². The number of primary sulfonamides is 1. The van der Waals surface area contributed by atoms with Gasteiger partial charge in [0.25, 0.3) is 0 Å². The van der Waals surface area contributed by atoms with E-state index in [4.69, 9.17) is 9.88 Å². The average molecular weight is 277 g/mol. The summed E-state index contributed by atoms with van der Waals surface area (Å²) >= 11 is 1.29. The van der Waals surface area contributed by atoms with Crippen molar-refractivity contribution in [2.75, 3.05) is 6.61 Å². The molecule has 0 radical (unpaired) electrons. The molecule has 0 aliphatic heterocycles. The molecule has 1 aromatic rings. The van der Waals surface area contributed by atoms with Crippen LogP contribution in [0.1, 0.15) is 25.3 Å². The Hall–Kier alpha value is -0.920. The molecule has 0 spiro atoms. The maximum atomic E-state index is 11.2. The highest BCUT2D eigenvalue weighted by molar-refractivity contribution is 7.89. The second-order valence-electron chi connectivity index (χ2n) is 3.46. The molecule has 0 aliphatic rings. The summed E-state index contributed by atoms with van der Waals surface area (Å²) in [6.45, 7) is 2.11. The van der Waals surface area contributed by atoms with E-state index in [1.54, 1.807) is 12.3 Å². The van der Waals surface area contributed by atoms with Gasteiger partial charge in [-0.15, -0.1) is 0 Å². The van der Waals surface area contributed by atoms with E-state index in [2.05, 4.69) is 0 Å². The van der Waals surface area contributed by atoms with Crippen molar-refractivity contribution in [1.82, 2.24) is 0 Å². The first-order valence-electron chi connectivity index (χ1n) is 5.18. The highest BCUT2D eigenvalue weighted by Crippen LogP contribution is 2.21. The van der Waals surface area contributed by atoms with Gasteiger partial charge >= 0.3 is 5.97 Å². The molecular weight excluding hydrogens is 262 g/mol. The summed E-state index contributed by atoms with van der Waals surface area (Å²) in [7, 11) is -3.66. The van der Waals surface area contributed by atoms with Crippen molar-refractivity contribution < 1.29 is 17.9 Å². The van der Waals surface area contributed by atoms with E-state index in [-0.39, 0.29) is 17.3 Å². The molecule has 1 rings (SSSR count). The molecule has 0 saturated carbocycles. The Morgan fingerprint density at radius 2 is 2.18 bits per heavy atom. The number of carbonyl (C=O) groups excluding carboxylic acids is 1. The van der Waals surface area contributed by atoms with Crippen LogP contribution >= 0.6 is 11.3 Å². The Morgan fingerprint density at radius 1 is 1.47 bits per heavy atom. The third-order valence-corrected chi connectivity index (χ3v) is 4.08. The Balaban J connectivity index is 2.54. The minimum Gasteiger partial charge on any atom is -0.466 e. The number of aryl methyl sites for hydroxylation is 1. The maximum absolute atomic E-state index is 11.2. The van der Waals surface area contributed by atoms with Crippen LogP contribution in [0.5, 0.6) is 0 Å². The standard InChI is InChI=1S/C10H15NO4S2/c1-2-15-10(12)5-3-4-8-6-16-7-9(8)17(11,13)14/h6-7H,2-5H2,1H3,(H2,11,13,14). The van der Waals surface area contributed by atoms with Crippen molar-refractivity contribution in [2.24, 2.45) is 5.14 Å². The Morgan fingerprint density at radius 3 is 2.76 bits per heavy atom. The van der Waals surface area contributed by atoms with Gasteiger partial charge in [-0.25, -0.2) is 13.6 Å². The smallest absolute Gasteiger partial charge is 0.305 e. The zero-order valence-electron chi connectivity index (χ0n) is 9.51. The lowest BCUT2D eigenvalue weighted by Crippen LogP contribution is -2.13. The van der Waals surface area contributed by atoms with Crippen molar-refractivity contribution in [3.8, 4) is 0 Å². The van der Waals surface area contributed by atoms with Gasteiger partial charge in [0.1, 0.15) is 0 Å². The number of hydrogen-bond acceptors (Lipinski definition) is 5. The van der Waals surface area contributed by atoms with Crippen molar-refractivity contribution in [3.63, 3.8) is 0 Å². The number of sulfonamides is 1. The molecule has 0 unspecified atom stereocenters. The molecule has 0 aromatic carbocycles. The largest absolute Gasteiger partial charge is 0.466 e. The number of thiophene rings is 1. The molecule has 17 heavy (non-hydrogen) atoms. The summed E-state index contributed by atoms with van der Waals surface area (Å²) in [5, 5.41) is 8.32. The molecular formula is C10H15NO4S2. The third kappa shape index (κ3) is 4.45. The van der Waals surface area contributed by atoms with Gasteiger partial charge in [0, 0.05) is 11.8 Å². The fraction of sp³-hybridized carbons (Fsp3) is 0.500. The minimum absolute atomic E-state index is 0.159. The van der Waals surface area contributed by atoms with Crippen molar-refractivity contribution >= 4 is 27.3 Å². The first kappa shape index (κ1) is 14.1. The van der Waals surface area contributed by atoms with Crippen molar-refractivity contribution in [1.29, 1.82) is 0 Å². The summed E-state index contributed by atoms with van der Waals surface area (Å²) in [6, 6.07) is 0. The summed E-state index contributed by atoms with van der Waals surface area (Å²) in [4.78, 5) is 11.2. The van der Waals surface area contributed by atoms with Gasteiger partial charge < -0.3 is 4.74 Å². The van der Waals surface area contributed by atoms with E-state index in [1.807, 2.05) is 0 Å². The molecule has 1 aromatic heterocycles. The van der Waals surface area contributed by atoms with E-state index in [9.17, 15) is 13.2 Å². The molecule has 0 aliphatic carbocycles. The summed E-state index contributed by atoms with van der Waals surface area (Å²) < 4.78 is 27.2. The van der Waals surface area contributed by atoms with E-state index in [0.717, 1.165) is 0 Å². The number of rotatable bonds is 6. The molecule has 2 N–H and O–H groups in total. The fourth-order valence-corrected chi connectivity index (χ4v) is 3.46. The summed E-state index contributed by atoms with van der Waals surface area (Å²) in [5.74, 6) is -0.264. The SMILES string of the molecule is CCOC(=O)CCCc1cscc1S(N)(=O)=O. The van der Waals surface area contributed by atoms with Gasteiger partial charge in [-0.3, -0.25) is 4.79 Å². The molecule has 1 heterocycles. The van der Waals surface area contributed by atoms with Crippen LogP contribution < -0.4 is 5.14 Å². The second-order valence-corrected chi connectivity index (χ2v) is 5.74. The van der Waals surface area contributed by atoms with Gasteiger partial charge in [-0.05, 0) is 30.7 Å². The fourth-order valence-electron chi connectivity index (χ4n) is 1.40. The summed E-state index contributed by atoms with van der Waals surface area (Å²) in [5.41, 5.74) is 0.668. The van der Waals surface area contributed by atoms with Gasteiger partial charge in [0.05, 0.1) is 11.5 Å². The van der Waals surface area contributed by atoms with Crippen LogP contribution in [0.25, 0.3) is 0 Å². The molecule has 0 amide bonds. The topological polar surface area (TPSA) is 86.5 Å². The lowest BCUT2D eigenvalue weighted by molar-refractivity contribution is -0.143. The van der Waals surface area contributed by atoms with Gasteiger partial charge in [-0.1, -0.05) is 0 Å². The predicted molar refractivity (Wildman–Crippen MR) is 65.3 cm³/mol. The zero-order chi connectivity index (χ0) is 12.9. The molecule has 7 heteroatoms. The Bertz CT molecular complexity index is 478. The quantitative estimate of drug-likeness (QED) is 0.794. The van der Waals surface area contributed by atoms with Crippen LogP contribution in [-0.2, 0) is 26.0 Å². The number of ether oxygens (including phenoxy) is 1. The van der Waals surface area contributed by atoms with Crippen LogP contribution in [0.3, 0.4) is 0 Å². The number of esters is 1. The van der Waals surface area contributed by atoms with Crippen LogP contribution in [-0.4, -0.2) is 21.0 Å². The van der Waals surface area contributed by atoms with E-state index < -0.39 is 10.0 Å². The first-order chi connectivity index (χ1) is 7.95. The van der Waals surface area contributed by atoms with Crippen molar-refractivity contribution in [2.45, 2.75) is 31.1 Å². The lowest BCUT2D eigenvalue weighted by atomic mass is 10.1. The second kappa shape index (κ2) is 6.13. The van der Waals surface area contributed by atoms with E-state index in [1.165, 1.54) is 16.7 Å². The van der Waals surface area contributed by atoms with Crippen LogP contribution in [0.4, 0.5) is 0 Å². The number of nitrogens with two attached hydrogens (primary N) is 1. The molecule has 0 fully saturated rings.